The second-order valence-corrected chi connectivity index (χ2v) is 9.89. The van der Waals surface area contributed by atoms with Gasteiger partial charge in [0.05, 0.1) is 17.1 Å². The van der Waals surface area contributed by atoms with Crippen LogP contribution in [0.2, 0.25) is 0 Å². The van der Waals surface area contributed by atoms with Gasteiger partial charge in [0.1, 0.15) is 0 Å². The molecule has 4 atom stereocenters. The highest BCUT2D eigenvalue weighted by molar-refractivity contribution is 7.89. The fourth-order valence-corrected chi connectivity index (χ4v) is 5.69. The molecule has 2 fully saturated rings. The first-order valence-electron chi connectivity index (χ1n) is 9.84. The molecule has 1 saturated heterocycles. The Bertz CT molecular complexity index is 770. The van der Waals surface area contributed by atoms with E-state index in [0.29, 0.717) is 24.6 Å². The Kier molecular flexibility index (Phi) is 6.23. The zero-order chi connectivity index (χ0) is 19.6. The number of ether oxygens (including phenoxy) is 1. The molecular formula is C20H30N2O4S. The molecule has 7 heteroatoms. The highest BCUT2D eigenvalue weighted by Gasteiger charge is 2.32. The van der Waals surface area contributed by atoms with E-state index in [9.17, 15) is 13.2 Å². The topological polar surface area (TPSA) is 75.7 Å². The van der Waals surface area contributed by atoms with Crippen LogP contribution in [0.4, 0.5) is 0 Å². The number of nitrogens with one attached hydrogen (secondary N) is 1. The molecule has 1 heterocycles. The third kappa shape index (κ3) is 4.70. The van der Waals surface area contributed by atoms with Crippen LogP contribution in [0.1, 0.15) is 56.8 Å². The lowest BCUT2D eigenvalue weighted by Gasteiger charge is -2.34. The maximum atomic E-state index is 13.0. The van der Waals surface area contributed by atoms with Gasteiger partial charge in [0.2, 0.25) is 10.0 Å². The van der Waals surface area contributed by atoms with Crippen molar-refractivity contribution in [1.82, 2.24) is 9.62 Å². The molecule has 1 aliphatic heterocycles. The first-order chi connectivity index (χ1) is 12.8. The van der Waals surface area contributed by atoms with Crippen molar-refractivity contribution in [3.63, 3.8) is 0 Å². The van der Waals surface area contributed by atoms with Gasteiger partial charge in [-0.25, -0.2) is 8.42 Å². The van der Waals surface area contributed by atoms with Crippen LogP contribution in [-0.4, -0.2) is 50.0 Å². The molecule has 1 saturated carbocycles. The Morgan fingerprint density at radius 3 is 2.44 bits per heavy atom. The van der Waals surface area contributed by atoms with Crippen LogP contribution < -0.4 is 5.32 Å². The molecule has 0 bridgehead atoms. The molecule has 0 spiro atoms. The van der Waals surface area contributed by atoms with Gasteiger partial charge in [-0.2, -0.15) is 4.31 Å². The molecule has 3 rings (SSSR count). The SMILES string of the molecule is CC1CN(S(=O)(=O)c2cccc(C(=O)NC3CCCCC3C)c2)CC(C)O1. The highest BCUT2D eigenvalue weighted by atomic mass is 32.2. The number of sulfonamides is 1. The number of amides is 1. The van der Waals surface area contributed by atoms with E-state index in [1.165, 1.54) is 16.8 Å². The Labute approximate surface area is 162 Å². The normalized spacial score (nSPS) is 30.0. The summed E-state index contributed by atoms with van der Waals surface area (Å²) < 4.78 is 33.2. The van der Waals surface area contributed by atoms with Crippen molar-refractivity contribution in [1.29, 1.82) is 0 Å². The Hall–Kier alpha value is -1.44. The number of benzene rings is 1. The summed E-state index contributed by atoms with van der Waals surface area (Å²) in [5.74, 6) is 0.250. The molecule has 1 N–H and O–H groups in total. The minimum atomic E-state index is -3.65. The Balaban J connectivity index is 1.77. The van der Waals surface area contributed by atoms with E-state index in [-0.39, 0.29) is 29.1 Å². The number of hydrogen-bond acceptors (Lipinski definition) is 4. The standard InChI is InChI=1S/C20H30N2O4S/c1-14-7-4-5-10-19(14)21-20(23)17-8-6-9-18(11-17)27(24,25)22-12-15(2)26-16(3)13-22/h6,8-9,11,14-16,19H,4-5,7,10,12-13H2,1-3H3,(H,21,23). The van der Waals surface area contributed by atoms with Gasteiger partial charge in [-0.05, 0) is 50.8 Å². The quantitative estimate of drug-likeness (QED) is 0.852. The summed E-state index contributed by atoms with van der Waals surface area (Å²) >= 11 is 0. The fourth-order valence-electron chi connectivity index (χ4n) is 4.06. The summed E-state index contributed by atoms with van der Waals surface area (Å²) in [6.07, 6.45) is 4.13. The average molecular weight is 395 g/mol. The van der Waals surface area contributed by atoms with Crippen LogP contribution in [0.15, 0.2) is 29.2 Å². The number of morpholine rings is 1. The highest BCUT2D eigenvalue weighted by Crippen LogP contribution is 2.25. The van der Waals surface area contributed by atoms with Crippen LogP contribution in [0, 0.1) is 5.92 Å². The molecule has 1 aliphatic carbocycles. The summed E-state index contributed by atoms with van der Waals surface area (Å²) in [6.45, 7) is 6.54. The zero-order valence-electron chi connectivity index (χ0n) is 16.3. The monoisotopic (exact) mass is 394 g/mol. The lowest BCUT2D eigenvalue weighted by molar-refractivity contribution is -0.0440. The van der Waals surface area contributed by atoms with Gasteiger partial charge in [0.25, 0.3) is 5.91 Å². The third-order valence-corrected chi connectivity index (χ3v) is 7.38. The number of rotatable bonds is 4. The predicted molar refractivity (Wildman–Crippen MR) is 104 cm³/mol. The molecule has 6 nitrogen and oxygen atoms in total. The van der Waals surface area contributed by atoms with Gasteiger partial charge < -0.3 is 10.1 Å². The number of carbonyl (C=O) groups excluding carboxylic acids is 1. The van der Waals surface area contributed by atoms with E-state index in [1.54, 1.807) is 18.2 Å². The molecule has 1 aromatic rings. The van der Waals surface area contributed by atoms with Crippen LogP contribution in [0.5, 0.6) is 0 Å². The van der Waals surface area contributed by atoms with E-state index in [4.69, 9.17) is 4.74 Å². The number of carbonyl (C=O) groups is 1. The van der Waals surface area contributed by atoms with Gasteiger partial charge in [-0.15, -0.1) is 0 Å². The molecule has 4 unspecified atom stereocenters. The molecule has 0 aromatic heterocycles. The van der Waals surface area contributed by atoms with Gasteiger partial charge in [0, 0.05) is 24.7 Å². The van der Waals surface area contributed by atoms with E-state index < -0.39 is 10.0 Å². The molecule has 2 aliphatic rings. The van der Waals surface area contributed by atoms with Gasteiger partial charge in [0.15, 0.2) is 0 Å². The summed E-state index contributed by atoms with van der Waals surface area (Å²) in [4.78, 5) is 12.8. The zero-order valence-corrected chi connectivity index (χ0v) is 17.2. The van der Waals surface area contributed by atoms with Crippen LogP contribution >= 0.6 is 0 Å². The van der Waals surface area contributed by atoms with Crippen molar-refractivity contribution in [2.24, 2.45) is 5.92 Å². The first-order valence-corrected chi connectivity index (χ1v) is 11.3. The van der Waals surface area contributed by atoms with Crippen molar-refractivity contribution in [3.8, 4) is 0 Å². The molecule has 1 aromatic carbocycles. The van der Waals surface area contributed by atoms with Crippen molar-refractivity contribution in [3.05, 3.63) is 29.8 Å². The number of hydrogen-bond donors (Lipinski definition) is 1. The Morgan fingerprint density at radius 1 is 1.11 bits per heavy atom. The second kappa shape index (κ2) is 8.29. The maximum absolute atomic E-state index is 13.0. The van der Waals surface area contributed by atoms with Gasteiger partial charge >= 0.3 is 0 Å². The summed E-state index contributed by atoms with van der Waals surface area (Å²) in [7, 11) is -3.65. The minimum Gasteiger partial charge on any atom is -0.373 e. The predicted octanol–water partition coefficient (Wildman–Crippen LogP) is 2.79. The first kappa shape index (κ1) is 20.3. The van der Waals surface area contributed by atoms with Gasteiger partial charge in [-0.3, -0.25) is 4.79 Å². The molecule has 1 amide bonds. The summed E-state index contributed by atoms with van der Waals surface area (Å²) in [5, 5.41) is 3.09. The van der Waals surface area contributed by atoms with E-state index in [2.05, 4.69) is 12.2 Å². The van der Waals surface area contributed by atoms with Crippen molar-refractivity contribution in [2.75, 3.05) is 13.1 Å². The van der Waals surface area contributed by atoms with Crippen molar-refractivity contribution in [2.45, 2.75) is 69.6 Å². The van der Waals surface area contributed by atoms with Crippen LogP contribution in [0.25, 0.3) is 0 Å². The fraction of sp³-hybridized carbons (Fsp3) is 0.650. The van der Waals surface area contributed by atoms with E-state index >= 15 is 0 Å². The van der Waals surface area contributed by atoms with E-state index in [0.717, 1.165) is 19.3 Å². The van der Waals surface area contributed by atoms with Crippen molar-refractivity contribution < 1.29 is 17.9 Å². The maximum Gasteiger partial charge on any atom is 0.251 e. The van der Waals surface area contributed by atoms with Crippen LogP contribution in [0.3, 0.4) is 0 Å². The lowest BCUT2D eigenvalue weighted by atomic mass is 9.86. The molecule has 150 valence electrons. The molecule has 0 radical (unpaired) electrons. The largest absolute Gasteiger partial charge is 0.373 e. The minimum absolute atomic E-state index is 0.150. The van der Waals surface area contributed by atoms with E-state index in [1.807, 2.05) is 13.8 Å². The van der Waals surface area contributed by atoms with Crippen LogP contribution in [-0.2, 0) is 14.8 Å². The smallest absolute Gasteiger partial charge is 0.251 e. The van der Waals surface area contributed by atoms with Crippen molar-refractivity contribution >= 4 is 15.9 Å². The number of nitrogens with zero attached hydrogens (tertiary/aromatic N) is 1. The summed E-state index contributed by atoms with van der Waals surface area (Å²) in [5.41, 5.74) is 0.392. The van der Waals surface area contributed by atoms with Gasteiger partial charge in [-0.1, -0.05) is 25.8 Å². The lowest BCUT2D eigenvalue weighted by Crippen LogP contribution is -2.48. The average Bonchev–Trinajstić information content (AvgIpc) is 2.63. The third-order valence-electron chi connectivity index (χ3n) is 5.55. The summed E-state index contributed by atoms with van der Waals surface area (Å²) in [6, 6.07) is 6.52. The molecule has 27 heavy (non-hydrogen) atoms. The second-order valence-electron chi connectivity index (χ2n) is 7.95. The molecular weight excluding hydrogens is 364 g/mol. The Morgan fingerprint density at radius 2 is 1.78 bits per heavy atom.